The molecule has 2 aromatic heterocycles. The Kier molecular flexibility index (Phi) is 3.33. The number of benzene rings is 2. The fourth-order valence-corrected chi connectivity index (χ4v) is 2.82. The summed E-state index contributed by atoms with van der Waals surface area (Å²) in [6.07, 6.45) is 0.785. The van der Waals surface area contributed by atoms with Gasteiger partial charge in [0.25, 0.3) is 0 Å². The highest BCUT2D eigenvalue weighted by Crippen LogP contribution is 2.19. The molecule has 0 aliphatic heterocycles. The number of imidazole rings is 2. The van der Waals surface area contributed by atoms with Crippen LogP contribution in [0.5, 0.6) is 0 Å². The minimum absolute atomic E-state index is 0.0896. The number of aliphatic hydroxyl groups is 2. The van der Waals surface area contributed by atoms with Gasteiger partial charge in [-0.2, -0.15) is 0 Å². The number of hydrogen-bond donors (Lipinski definition) is 4. The second-order valence-electron chi connectivity index (χ2n) is 5.56. The molecule has 2 aromatic carbocycles. The van der Waals surface area contributed by atoms with Crippen molar-refractivity contribution in [2.24, 2.45) is 0 Å². The van der Waals surface area contributed by atoms with Crippen molar-refractivity contribution in [1.29, 1.82) is 0 Å². The van der Waals surface area contributed by atoms with E-state index in [1.54, 1.807) is 0 Å². The van der Waals surface area contributed by atoms with E-state index in [9.17, 15) is 0 Å². The average molecular weight is 308 g/mol. The number of hydrogen-bond acceptors (Lipinski definition) is 4. The van der Waals surface area contributed by atoms with E-state index in [4.69, 9.17) is 10.2 Å². The van der Waals surface area contributed by atoms with Crippen LogP contribution in [0.4, 0.5) is 0 Å². The lowest BCUT2D eigenvalue weighted by Crippen LogP contribution is -1.88. The zero-order valence-electron chi connectivity index (χ0n) is 12.4. The number of fused-ring (bicyclic) bond motifs is 2. The molecule has 0 aliphatic rings. The van der Waals surface area contributed by atoms with Crippen LogP contribution in [0.15, 0.2) is 36.4 Å². The molecule has 116 valence electrons. The highest BCUT2D eigenvalue weighted by Gasteiger charge is 2.06. The number of rotatable bonds is 4. The Hall–Kier alpha value is -2.70. The first-order chi connectivity index (χ1) is 11.2. The van der Waals surface area contributed by atoms with Crippen molar-refractivity contribution in [2.45, 2.75) is 19.6 Å². The number of aromatic nitrogens is 4. The van der Waals surface area contributed by atoms with E-state index in [1.165, 1.54) is 0 Å². The minimum Gasteiger partial charge on any atom is -0.388 e. The molecule has 6 nitrogen and oxygen atoms in total. The molecular weight excluding hydrogens is 292 g/mol. The smallest absolute Gasteiger partial charge is 0.133 e. The molecule has 0 amide bonds. The third-order valence-electron chi connectivity index (χ3n) is 3.90. The molecule has 4 rings (SSSR count). The maximum Gasteiger partial charge on any atom is 0.133 e. The predicted octanol–water partition coefficient (Wildman–Crippen LogP) is 2.01. The summed E-state index contributed by atoms with van der Waals surface area (Å²) >= 11 is 0. The molecule has 0 saturated carbocycles. The van der Waals surface area contributed by atoms with Crippen LogP contribution >= 0.6 is 0 Å². The van der Waals surface area contributed by atoms with E-state index >= 15 is 0 Å². The van der Waals surface area contributed by atoms with Gasteiger partial charge in [-0.3, -0.25) is 0 Å². The fraction of sp³-hybridized carbons (Fsp3) is 0.176. The van der Waals surface area contributed by atoms with E-state index in [2.05, 4.69) is 32.1 Å². The van der Waals surface area contributed by atoms with Crippen LogP contribution in [0, 0.1) is 0 Å². The summed E-state index contributed by atoms with van der Waals surface area (Å²) in [4.78, 5) is 14.8. The zero-order chi connectivity index (χ0) is 15.8. The van der Waals surface area contributed by atoms with Gasteiger partial charge in [-0.15, -0.1) is 0 Å². The van der Waals surface area contributed by atoms with Crippen LogP contribution in [0.1, 0.15) is 22.8 Å². The maximum atomic E-state index is 9.15. The number of nitrogens with one attached hydrogen (secondary N) is 2. The van der Waals surface area contributed by atoms with Gasteiger partial charge in [0.15, 0.2) is 0 Å². The van der Waals surface area contributed by atoms with Crippen molar-refractivity contribution in [3.05, 3.63) is 59.2 Å². The molecule has 0 bridgehead atoms. The Morgan fingerprint density at radius 3 is 1.65 bits per heavy atom. The van der Waals surface area contributed by atoms with Gasteiger partial charge in [-0.05, 0) is 41.8 Å². The number of nitrogens with zero attached hydrogens (tertiary/aromatic N) is 2. The molecule has 0 atom stereocenters. The summed E-state index contributed by atoms with van der Waals surface area (Å²) in [6, 6.07) is 12.1. The molecule has 0 unspecified atom stereocenters. The van der Waals surface area contributed by atoms with Crippen molar-refractivity contribution in [2.75, 3.05) is 0 Å². The quantitative estimate of drug-likeness (QED) is 0.463. The molecular formula is C17H16N4O2. The predicted molar refractivity (Wildman–Crippen MR) is 86.8 cm³/mol. The molecule has 0 saturated heterocycles. The summed E-state index contributed by atoms with van der Waals surface area (Å²) in [5.74, 6) is 1.15. The molecule has 6 heteroatoms. The molecule has 23 heavy (non-hydrogen) atoms. The molecule has 0 radical (unpaired) electrons. The average Bonchev–Trinajstić information content (AvgIpc) is 3.16. The molecule has 4 aromatic rings. The van der Waals surface area contributed by atoms with Crippen molar-refractivity contribution in [3.8, 4) is 0 Å². The molecule has 2 heterocycles. The van der Waals surface area contributed by atoms with E-state index in [0.29, 0.717) is 11.6 Å². The van der Waals surface area contributed by atoms with Gasteiger partial charge in [0.2, 0.25) is 0 Å². The fourth-order valence-electron chi connectivity index (χ4n) is 2.82. The zero-order valence-corrected chi connectivity index (χ0v) is 12.4. The second kappa shape index (κ2) is 5.49. The van der Waals surface area contributed by atoms with E-state index in [1.807, 2.05) is 24.3 Å². The van der Waals surface area contributed by atoms with Crippen LogP contribution < -0.4 is 0 Å². The third kappa shape index (κ3) is 2.58. The largest absolute Gasteiger partial charge is 0.388 e. The summed E-state index contributed by atoms with van der Waals surface area (Å²) in [6.45, 7) is -0.179. The van der Waals surface area contributed by atoms with Crippen LogP contribution in [-0.2, 0) is 19.6 Å². The first-order valence-electron chi connectivity index (χ1n) is 7.42. The van der Waals surface area contributed by atoms with Gasteiger partial charge in [0.05, 0.1) is 22.1 Å². The molecule has 4 N–H and O–H groups in total. The summed E-state index contributed by atoms with van der Waals surface area (Å²) < 4.78 is 0. The van der Waals surface area contributed by atoms with E-state index in [-0.39, 0.29) is 13.2 Å². The van der Waals surface area contributed by atoms with Gasteiger partial charge in [0.1, 0.15) is 24.9 Å². The first-order valence-corrected chi connectivity index (χ1v) is 7.42. The standard InChI is InChI=1S/C17H16N4O2/c22-8-16-18-12-3-1-10(6-14(12)20-16)5-11-2-4-13-15(7-11)21-17(9-23)19-13/h1-4,6-7,22-23H,5,8-9H2,(H,18,20)(H,19,21). The van der Waals surface area contributed by atoms with Crippen LogP contribution in [-0.4, -0.2) is 30.1 Å². The highest BCUT2D eigenvalue weighted by molar-refractivity contribution is 5.77. The molecule has 0 spiro atoms. The Morgan fingerprint density at radius 2 is 1.22 bits per heavy atom. The second-order valence-corrected chi connectivity index (χ2v) is 5.56. The minimum atomic E-state index is -0.0896. The van der Waals surface area contributed by atoms with Crippen LogP contribution in [0.25, 0.3) is 22.1 Å². The molecule has 0 fully saturated rings. The van der Waals surface area contributed by atoms with Crippen molar-refractivity contribution in [1.82, 2.24) is 19.9 Å². The van der Waals surface area contributed by atoms with Crippen LogP contribution in [0.2, 0.25) is 0 Å². The first kappa shape index (κ1) is 13.9. The Bertz CT molecular complexity index is 907. The van der Waals surface area contributed by atoms with E-state index in [0.717, 1.165) is 39.6 Å². The topological polar surface area (TPSA) is 97.8 Å². The lowest BCUT2D eigenvalue weighted by molar-refractivity contribution is 0.273. The monoisotopic (exact) mass is 308 g/mol. The number of aliphatic hydroxyl groups excluding tert-OH is 2. The Balaban J connectivity index is 1.66. The van der Waals surface area contributed by atoms with Crippen molar-refractivity contribution in [3.63, 3.8) is 0 Å². The van der Waals surface area contributed by atoms with E-state index < -0.39 is 0 Å². The third-order valence-corrected chi connectivity index (χ3v) is 3.90. The molecule has 0 aliphatic carbocycles. The Labute approximate surface area is 131 Å². The number of aromatic amines is 2. The van der Waals surface area contributed by atoms with Crippen molar-refractivity contribution < 1.29 is 10.2 Å². The highest BCUT2D eigenvalue weighted by atomic mass is 16.3. The summed E-state index contributed by atoms with van der Waals surface area (Å²) in [5.41, 5.74) is 5.89. The number of H-pyrrole nitrogens is 2. The van der Waals surface area contributed by atoms with Gasteiger partial charge in [-0.1, -0.05) is 12.1 Å². The lowest BCUT2D eigenvalue weighted by atomic mass is 10.0. The Morgan fingerprint density at radius 1 is 0.739 bits per heavy atom. The van der Waals surface area contributed by atoms with Gasteiger partial charge >= 0.3 is 0 Å². The normalized spacial score (nSPS) is 11.6. The van der Waals surface area contributed by atoms with Gasteiger partial charge < -0.3 is 20.2 Å². The van der Waals surface area contributed by atoms with Crippen LogP contribution in [0.3, 0.4) is 0 Å². The SMILES string of the molecule is OCc1nc2ccc(Cc3ccc4nc(CO)[nH]c4c3)cc2[nH]1. The summed E-state index contributed by atoms with van der Waals surface area (Å²) in [7, 11) is 0. The van der Waals surface area contributed by atoms with Gasteiger partial charge in [0, 0.05) is 0 Å². The van der Waals surface area contributed by atoms with Crippen molar-refractivity contribution >= 4 is 22.1 Å². The lowest BCUT2D eigenvalue weighted by Gasteiger charge is -2.02. The summed E-state index contributed by atoms with van der Waals surface area (Å²) in [5, 5.41) is 18.3. The maximum absolute atomic E-state index is 9.15. The van der Waals surface area contributed by atoms with Gasteiger partial charge in [-0.25, -0.2) is 9.97 Å².